The quantitative estimate of drug-likeness (QED) is 0.344. The van der Waals surface area contributed by atoms with Crippen LogP contribution in [0.2, 0.25) is 0 Å². The van der Waals surface area contributed by atoms with Crippen molar-refractivity contribution in [1.29, 1.82) is 0 Å². The van der Waals surface area contributed by atoms with Gasteiger partial charge in [-0.25, -0.2) is 5.48 Å². The van der Waals surface area contributed by atoms with Crippen LogP contribution in [0.1, 0.15) is 70.6 Å². The van der Waals surface area contributed by atoms with Gasteiger partial charge in [0.05, 0.1) is 0 Å². The number of carbonyl (C=O) groups is 1. The van der Waals surface area contributed by atoms with Gasteiger partial charge in [0.2, 0.25) is 0 Å². The summed E-state index contributed by atoms with van der Waals surface area (Å²) in [5.41, 5.74) is 2.16. The zero-order valence-electron chi connectivity index (χ0n) is 10.8. The second-order valence-corrected chi connectivity index (χ2v) is 4.59. The van der Waals surface area contributed by atoms with Gasteiger partial charge in [-0.05, 0) is 12.8 Å². The van der Waals surface area contributed by atoms with E-state index in [9.17, 15) is 4.79 Å². The molecule has 3 N–H and O–H groups in total. The molecule has 0 aliphatic carbocycles. The first-order valence-electron chi connectivity index (χ1n) is 6.86. The zero-order valence-corrected chi connectivity index (χ0v) is 10.8. The topological polar surface area (TPSA) is 69.6 Å². The summed E-state index contributed by atoms with van der Waals surface area (Å²) in [5.74, 6) is -0.678. The molecule has 0 aliphatic rings. The van der Waals surface area contributed by atoms with Gasteiger partial charge in [-0.2, -0.15) is 0 Å². The molecule has 0 aliphatic heterocycles. The molecule has 0 amide bonds. The number of carboxylic acids is 1. The normalized spacial score (nSPS) is 10.6. The van der Waals surface area contributed by atoms with Crippen molar-refractivity contribution in [2.45, 2.75) is 70.6 Å². The van der Waals surface area contributed by atoms with Crippen LogP contribution in [0, 0.1) is 0 Å². The highest BCUT2D eigenvalue weighted by Crippen LogP contribution is 2.11. The number of nitrogens with one attached hydrogen (secondary N) is 1. The largest absolute Gasteiger partial charge is 0.481 e. The van der Waals surface area contributed by atoms with Crippen molar-refractivity contribution in [3.05, 3.63) is 0 Å². The van der Waals surface area contributed by atoms with Crippen molar-refractivity contribution in [3.8, 4) is 0 Å². The third kappa shape index (κ3) is 15.4. The molecule has 0 saturated heterocycles. The molecule has 0 aromatic heterocycles. The third-order valence-electron chi connectivity index (χ3n) is 2.93. The Hall–Kier alpha value is -0.610. The SMILES string of the molecule is O=C(O)CCCCCCCCCCCCNO. The lowest BCUT2D eigenvalue weighted by Crippen LogP contribution is -2.07. The lowest BCUT2D eigenvalue weighted by molar-refractivity contribution is -0.137. The molecule has 0 aromatic rings. The predicted octanol–water partition coefficient (Wildman–Crippen LogP) is 3.34. The molecule has 4 heteroatoms. The van der Waals surface area contributed by atoms with Crippen LogP contribution in [0.4, 0.5) is 0 Å². The standard InChI is InChI=1S/C13H27NO3/c15-13(16)11-9-7-5-3-1-2-4-6-8-10-12-14-17/h14,17H,1-12H2,(H,15,16). The molecule has 0 atom stereocenters. The van der Waals surface area contributed by atoms with Crippen molar-refractivity contribution in [3.63, 3.8) is 0 Å². The Balaban J connectivity index is 2.91. The molecule has 0 heterocycles. The smallest absolute Gasteiger partial charge is 0.303 e. The van der Waals surface area contributed by atoms with Crippen LogP contribution in [0.5, 0.6) is 0 Å². The van der Waals surface area contributed by atoms with E-state index in [0.717, 1.165) is 19.3 Å². The van der Waals surface area contributed by atoms with Crippen LogP contribution >= 0.6 is 0 Å². The van der Waals surface area contributed by atoms with E-state index in [1.54, 1.807) is 0 Å². The number of unbranched alkanes of at least 4 members (excludes halogenated alkanes) is 9. The average Bonchev–Trinajstić information content (AvgIpc) is 2.30. The molecule has 17 heavy (non-hydrogen) atoms. The van der Waals surface area contributed by atoms with E-state index in [1.807, 2.05) is 0 Å². The molecule has 4 nitrogen and oxygen atoms in total. The van der Waals surface area contributed by atoms with Crippen LogP contribution in [0.15, 0.2) is 0 Å². The zero-order chi connectivity index (χ0) is 12.8. The fourth-order valence-electron chi connectivity index (χ4n) is 1.89. The summed E-state index contributed by atoms with van der Waals surface area (Å²) in [6, 6.07) is 0. The Morgan fingerprint density at radius 2 is 1.18 bits per heavy atom. The first kappa shape index (κ1) is 16.4. The highest BCUT2D eigenvalue weighted by Gasteiger charge is 1.96. The van der Waals surface area contributed by atoms with Gasteiger partial charge in [0.1, 0.15) is 0 Å². The van der Waals surface area contributed by atoms with Crippen molar-refractivity contribution in [2.24, 2.45) is 0 Å². The molecule has 0 bridgehead atoms. The number of hydrogen-bond acceptors (Lipinski definition) is 3. The third-order valence-corrected chi connectivity index (χ3v) is 2.93. The van der Waals surface area contributed by atoms with Crippen molar-refractivity contribution in [1.82, 2.24) is 5.48 Å². The maximum Gasteiger partial charge on any atom is 0.303 e. The molecule has 0 fully saturated rings. The molecule has 0 aromatic carbocycles. The van der Waals surface area contributed by atoms with Gasteiger partial charge < -0.3 is 10.3 Å². The fraction of sp³-hybridized carbons (Fsp3) is 0.923. The molecule has 0 radical (unpaired) electrons. The van der Waals surface area contributed by atoms with Crippen LogP contribution < -0.4 is 5.48 Å². The highest BCUT2D eigenvalue weighted by molar-refractivity contribution is 5.66. The van der Waals surface area contributed by atoms with E-state index >= 15 is 0 Å². The summed E-state index contributed by atoms with van der Waals surface area (Å²) >= 11 is 0. The fourth-order valence-corrected chi connectivity index (χ4v) is 1.89. The highest BCUT2D eigenvalue weighted by atomic mass is 16.5. The van der Waals surface area contributed by atoms with Crippen LogP contribution in [-0.2, 0) is 4.79 Å². The number of hydrogen-bond donors (Lipinski definition) is 3. The van der Waals surface area contributed by atoms with Gasteiger partial charge in [0, 0.05) is 13.0 Å². The first-order valence-corrected chi connectivity index (χ1v) is 6.86. The summed E-state index contributed by atoms with van der Waals surface area (Å²) < 4.78 is 0. The summed E-state index contributed by atoms with van der Waals surface area (Å²) in [6.45, 7) is 0.698. The lowest BCUT2D eigenvalue weighted by atomic mass is 10.1. The van der Waals surface area contributed by atoms with Crippen LogP contribution in [0.25, 0.3) is 0 Å². The van der Waals surface area contributed by atoms with Gasteiger partial charge in [0.15, 0.2) is 0 Å². The van der Waals surface area contributed by atoms with E-state index < -0.39 is 5.97 Å². The summed E-state index contributed by atoms with van der Waals surface area (Å²) in [4.78, 5) is 10.3. The molecule has 102 valence electrons. The minimum Gasteiger partial charge on any atom is -0.481 e. The Morgan fingerprint density at radius 1 is 0.765 bits per heavy atom. The molecule has 0 saturated carbocycles. The molecule has 0 rings (SSSR count). The van der Waals surface area contributed by atoms with E-state index in [2.05, 4.69) is 5.48 Å². The van der Waals surface area contributed by atoms with Gasteiger partial charge in [-0.1, -0.05) is 51.4 Å². The van der Waals surface area contributed by atoms with Crippen molar-refractivity contribution in [2.75, 3.05) is 6.54 Å². The predicted molar refractivity (Wildman–Crippen MR) is 68.2 cm³/mol. The Kier molecular flexibility index (Phi) is 13.0. The Morgan fingerprint density at radius 3 is 1.59 bits per heavy atom. The van der Waals surface area contributed by atoms with Gasteiger partial charge in [-0.15, -0.1) is 0 Å². The number of aliphatic carboxylic acids is 1. The van der Waals surface area contributed by atoms with Gasteiger partial charge in [-0.3, -0.25) is 4.79 Å². The summed E-state index contributed by atoms with van der Waals surface area (Å²) in [6.07, 6.45) is 11.9. The molecular formula is C13H27NO3. The Bertz CT molecular complexity index is 174. The minimum absolute atomic E-state index is 0.318. The minimum atomic E-state index is -0.678. The molecule has 0 unspecified atom stereocenters. The molecular weight excluding hydrogens is 218 g/mol. The van der Waals surface area contributed by atoms with E-state index in [1.165, 1.54) is 44.9 Å². The van der Waals surface area contributed by atoms with E-state index in [4.69, 9.17) is 10.3 Å². The average molecular weight is 245 g/mol. The monoisotopic (exact) mass is 245 g/mol. The maximum atomic E-state index is 10.3. The van der Waals surface area contributed by atoms with Gasteiger partial charge in [0.25, 0.3) is 0 Å². The molecule has 0 spiro atoms. The first-order chi connectivity index (χ1) is 8.27. The second-order valence-electron chi connectivity index (χ2n) is 4.59. The summed E-state index contributed by atoms with van der Waals surface area (Å²) in [7, 11) is 0. The van der Waals surface area contributed by atoms with E-state index in [-0.39, 0.29) is 0 Å². The lowest BCUT2D eigenvalue weighted by Gasteiger charge is -2.02. The maximum absolute atomic E-state index is 10.3. The van der Waals surface area contributed by atoms with Crippen LogP contribution in [-0.4, -0.2) is 22.8 Å². The summed E-state index contributed by atoms with van der Waals surface area (Å²) in [5, 5.41) is 16.8. The number of hydroxylamine groups is 1. The Labute approximate surface area is 104 Å². The van der Waals surface area contributed by atoms with E-state index in [0.29, 0.717) is 13.0 Å². The van der Waals surface area contributed by atoms with Crippen molar-refractivity contribution >= 4 is 5.97 Å². The number of rotatable bonds is 13. The van der Waals surface area contributed by atoms with Gasteiger partial charge >= 0.3 is 5.97 Å². The van der Waals surface area contributed by atoms with Crippen LogP contribution in [0.3, 0.4) is 0 Å². The van der Waals surface area contributed by atoms with Crippen molar-refractivity contribution < 1.29 is 15.1 Å². The number of carboxylic acid groups (broad SMARTS) is 1. The second kappa shape index (κ2) is 13.5.